The third-order valence-electron chi connectivity index (χ3n) is 2.74. The minimum Gasteiger partial charge on any atom is -0.396 e. The molecular formula is C11H16N2O2S. The molecule has 1 N–H and O–H groups in total. The summed E-state index contributed by atoms with van der Waals surface area (Å²) < 4.78 is 0. The number of aromatic nitrogens is 1. The van der Waals surface area contributed by atoms with Crippen molar-refractivity contribution in [3.05, 3.63) is 16.1 Å². The van der Waals surface area contributed by atoms with Crippen LogP contribution in [-0.2, 0) is 0 Å². The zero-order valence-corrected chi connectivity index (χ0v) is 10.3. The molecule has 1 aromatic heterocycles. The number of hydrogen-bond donors (Lipinski definition) is 1. The van der Waals surface area contributed by atoms with Crippen LogP contribution in [0.15, 0.2) is 5.38 Å². The van der Waals surface area contributed by atoms with Crippen LogP contribution in [0.2, 0.25) is 0 Å². The van der Waals surface area contributed by atoms with E-state index in [-0.39, 0.29) is 18.4 Å². The monoisotopic (exact) mass is 240 g/mol. The molecule has 0 spiro atoms. The predicted octanol–water partition coefficient (Wildman–Crippen LogP) is 1.33. The Morgan fingerprint density at radius 1 is 1.69 bits per heavy atom. The lowest BCUT2D eigenvalue weighted by Gasteiger charge is -2.37. The molecule has 1 fully saturated rings. The van der Waals surface area contributed by atoms with Gasteiger partial charge in [0.2, 0.25) is 0 Å². The van der Waals surface area contributed by atoms with Crippen molar-refractivity contribution >= 4 is 17.2 Å². The Labute approximate surface area is 98.9 Å². The van der Waals surface area contributed by atoms with Crippen LogP contribution in [0.25, 0.3) is 0 Å². The van der Waals surface area contributed by atoms with Crippen LogP contribution in [0, 0.1) is 5.92 Å². The fourth-order valence-corrected chi connectivity index (χ4v) is 2.47. The van der Waals surface area contributed by atoms with Gasteiger partial charge in [-0.3, -0.25) is 4.79 Å². The van der Waals surface area contributed by atoms with E-state index in [1.807, 2.05) is 5.38 Å². The maximum absolute atomic E-state index is 11.9. The van der Waals surface area contributed by atoms with E-state index in [4.69, 9.17) is 5.11 Å². The molecule has 88 valence electrons. The van der Waals surface area contributed by atoms with E-state index in [9.17, 15) is 4.79 Å². The van der Waals surface area contributed by atoms with Crippen LogP contribution >= 0.6 is 11.3 Å². The number of thiazole rings is 1. The SMILES string of the molecule is CC(C)c1nc(C(=O)N2CC(CO)C2)cs1. The van der Waals surface area contributed by atoms with Gasteiger partial charge in [0.25, 0.3) is 5.91 Å². The number of carbonyl (C=O) groups excluding carboxylic acids is 1. The lowest BCUT2D eigenvalue weighted by molar-refractivity contribution is 0.0357. The average Bonchev–Trinajstić information content (AvgIpc) is 2.64. The Morgan fingerprint density at radius 2 is 2.38 bits per heavy atom. The van der Waals surface area contributed by atoms with E-state index in [1.165, 1.54) is 11.3 Å². The number of likely N-dealkylation sites (tertiary alicyclic amines) is 1. The van der Waals surface area contributed by atoms with Gasteiger partial charge in [-0.05, 0) is 0 Å². The fourth-order valence-electron chi connectivity index (χ4n) is 1.66. The van der Waals surface area contributed by atoms with Gasteiger partial charge in [0.05, 0.1) is 5.01 Å². The summed E-state index contributed by atoms with van der Waals surface area (Å²) in [6.45, 7) is 5.61. The molecule has 16 heavy (non-hydrogen) atoms. The summed E-state index contributed by atoms with van der Waals surface area (Å²) in [5, 5.41) is 11.7. The highest BCUT2D eigenvalue weighted by Crippen LogP contribution is 2.22. The normalized spacial score (nSPS) is 16.6. The van der Waals surface area contributed by atoms with Gasteiger partial charge in [0.1, 0.15) is 5.69 Å². The van der Waals surface area contributed by atoms with E-state index < -0.39 is 0 Å². The highest BCUT2D eigenvalue weighted by Gasteiger charge is 2.31. The zero-order valence-electron chi connectivity index (χ0n) is 9.51. The summed E-state index contributed by atoms with van der Waals surface area (Å²) in [6, 6.07) is 0. The first-order valence-corrected chi connectivity index (χ1v) is 6.35. The number of carbonyl (C=O) groups is 1. The molecule has 0 bridgehead atoms. The van der Waals surface area contributed by atoms with Gasteiger partial charge in [-0.15, -0.1) is 11.3 Å². The zero-order chi connectivity index (χ0) is 11.7. The second-order valence-electron chi connectivity index (χ2n) is 4.48. The van der Waals surface area contributed by atoms with E-state index in [1.54, 1.807) is 4.90 Å². The number of amides is 1. The number of aliphatic hydroxyl groups excluding tert-OH is 1. The topological polar surface area (TPSA) is 53.4 Å². The molecule has 4 nitrogen and oxygen atoms in total. The maximum Gasteiger partial charge on any atom is 0.273 e. The third-order valence-corrected chi connectivity index (χ3v) is 3.88. The second-order valence-corrected chi connectivity index (χ2v) is 5.37. The summed E-state index contributed by atoms with van der Waals surface area (Å²) in [4.78, 5) is 18.0. The van der Waals surface area contributed by atoms with Crippen LogP contribution in [0.4, 0.5) is 0 Å². The van der Waals surface area contributed by atoms with Crippen LogP contribution in [0.5, 0.6) is 0 Å². The Morgan fingerprint density at radius 3 is 2.88 bits per heavy atom. The molecule has 0 aliphatic carbocycles. The summed E-state index contributed by atoms with van der Waals surface area (Å²) in [5.41, 5.74) is 0.546. The molecule has 1 aliphatic rings. The standard InChI is InChI=1S/C11H16N2O2S/c1-7(2)10-12-9(6-16-10)11(15)13-3-8(4-13)5-14/h6-8,14H,3-5H2,1-2H3. The van der Waals surface area contributed by atoms with Crippen LogP contribution < -0.4 is 0 Å². The number of nitrogens with zero attached hydrogens (tertiary/aromatic N) is 2. The first-order valence-electron chi connectivity index (χ1n) is 5.47. The Bertz CT molecular complexity index is 383. The molecule has 1 aromatic rings. The predicted molar refractivity (Wildman–Crippen MR) is 62.7 cm³/mol. The molecule has 0 unspecified atom stereocenters. The molecule has 1 saturated heterocycles. The van der Waals surface area contributed by atoms with Gasteiger partial charge >= 0.3 is 0 Å². The molecule has 2 heterocycles. The lowest BCUT2D eigenvalue weighted by atomic mass is 10.0. The van der Waals surface area contributed by atoms with Crippen molar-refractivity contribution in [2.24, 2.45) is 5.92 Å². The summed E-state index contributed by atoms with van der Waals surface area (Å²) in [5.74, 6) is 0.619. The van der Waals surface area contributed by atoms with E-state index in [0.717, 1.165) is 5.01 Å². The summed E-state index contributed by atoms with van der Waals surface area (Å²) in [7, 11) is 0. The highest BCUT2D eigenvalue weighted by molar-refractivity contribution is 7.09. The molecule has 1 amide bonds. The van der Waals surface area contributed by atoms with Crippen molar-refractivity contribution in [3.8, 4) is 0 Å². The molecular weight excluding hydrogens is 224 g/mol. The van der Waals surface area contributed by atoms with Crippen LogP contribution in [-0.4, -0.2) is 40.6 Å². The first-order chi connectivity index (χ1) is 7.61. The molecule has 5 heteroatoms. The van der Waals surface area contributed by atoms with E-state index in [0.29, 0.717) is 24.7 Å². The van der Waals surface area contributed by atoms with Crippen molar-refractivity contribution in [1.82, 2.24) is 9.88 Å². The first kappa shape index (κ1) is 11.5. The van der Waals surface area contributed by atoms with E-state index >= 15 is 0 Å². The Balaban J connectivity index is 1.99. The third kappa shape index (κ3) is 2.10. The molecule has 1 aliphatic heterocycles. The number of aliphatic hydroxyl groups is 1. The highest BCUT2D eigenvalue weighted by atomic mass is 32.1. The molecule has 0 radical (unpaired) electrons. The minimum absolute atomic E-state index is 0.00662. The van der Waals surface area contributed by atoms with Gasteiger partial charge in [-0.2, -0.15) is 0 Å². The number of rotatable bonds is 3. The average molecular weight is 240 g/mol. The van der Waals surface area contributed by atoms with Gasteiger partial charge < -0.3 is 10.0 Å². The van der Waals surface area contributed by atoms with Crippen molar-refractivity contribution in [1.29, 1.82) is 0 Å². The van der Waals surface area contributed by atoms with Gasteiger partial charge in [-0.25, -0.2) is 4.98 Å². The van der Waals surface area contributed by atoms with Crippen LogP contribution in [0.1, 0.15) is 35.3 Å². The van der Waals surface area contributed by atoms with Crippen LogP contribution in [0.3, 0.4) is 0 Å². The van der Waals surface area contributed by atoms with Gasteiger partial charge in [0, 0.05) is 36.9 Å². The molecule has 0 atom stereocenters. The maximum atomic E-state index is 11.9. The van der Waals surface area contributed by atoms with Crippen molar-refractivity contribution in [2.45, 2.75) is 19.8 Å². The van der Waals surface area contributed by atoms with E-state index in [2.05, 4.69) is 18.8 Å². The van der Waals surface area contributed by atoms with Crippen molar-refractivity contribution in [2.75, 3.05) is 19.7 Å². The summed E-state index contributed by atoms with van der Waals surface area (Å²) in [6.07, 6.45) is 0. The van der Waals surface area contributed by atoms with Crippen molar-refractivity contribution in [3.63, 3.8) is 0 Å². The molecule has 2 rings (SSSR count). The Hall–Kier alpha value is -0.940. The van der Waals surface area contributed by atoms with Gasteiger partial charge in [0.15, 0.2) is 0 Å². The fraction of sp³-hybridized carbons (Fsp3) is 0.636. The van der Waals surface area contributed by atoms with Gasteiger partial charge in [-0.1, -0.05) is 13.8 Å². The molecule has 0 saturated carbocycles. The number of hydrogen-bond acceptors (Lipinski definition) is 4. The largest absolute Gasteiger partial charge is 0.396 e. The minimum atomic E-state index is -0.00662. The molecule has 0 aromatic carbocycles. The van der Waals surface area contributed by atoms with Crippen molar-refractivity contribution < 1.29 is 9.90 Å². The smallest absolute Gasteiger partial charge is 0.273 e. The summed E-state index contributed by atoms with van der Waals surface area (Å²) >= 11 is 1.54. The lowest BCUT2D eigenvalue weighted by Crippen LogP contribution is -2.51. The second kappa shape index (κ2) is 4.51. The quantitative estimate of drug-likeness (QED) is 0.867. The Kier molecular flexibility index (Phi) is 3.25.